The van der Waals surface area contributed by atoms with Crippen LogP contribution in [0.4, 0.5) is 4.39 Å². The van der Waals surface area contributed by atoms with Crippen LogP contribution in [-0.2, 0) is 13.5 Å². The summed E-state index contributed by atoms with van der Waals surface area (Å²) in [6.07, 6.45) is 4.27. The van der Waals surface area contributed by atoms with Crippen molar-refractivity contribution >= 4 is 5.91 Å². The molecule has 6 nitrogen and oxygen atoms in total. The first-order valence-corrected chi connectivity index (χ1v) is 9.27. The quantitative estimate of drug-likeness (QED) is 0.550. The molecule has 146 valence electrons. The number of carbonyl (C=O) groups is 1. The topological polar surface area (TPSA) is 64.7 Å². The van der Waals surface area contributed by atoms with Gasteiger partial charge in [-0.05, 0) is 54.6 Å². The highest BCUT2D eigenvalue weighted by molar-refractivity contribution is 5.94. The molecule has 3 aromatic heterocycles. The van der Waals surface area contributed by atoms with Crippen molar-refractivity contribution in [2.24, 2.45) is 7.05 Å². The standard InChI is InChI=1S/C22H20FN5O/c1-27-14-4-6-20(27)19-15-21(28(26-19)18-9-7-16(23)8-10-18)22(29)25-13-11-17-5-2-3-12-24-17/h2-10,12,14-15H,11,13H2,1H3,(H,25,29). The normalized spacial score (nSPS) is 10.8. The van der Waals surface area contributed by atoms with Gasteiger partial charge in [-0.25, -0.2) is 9.07 Å². The molecular formula is C22H20FN5O. The highest BCUT2D eigenvalue weighted by atomic mass is 19.1. The predicted molar refractivity (Wildman–Crippen MR) is 108 cm³/mol. The lowest BCUT2D eigenvalue weighted by atomic mass is 10.2. The first-order valence-electron chi connectivity index (χ1n) is 9.27. The molecule has 0 fully saturated rings. The summed E-state index contributed by atoms with van der Waals surface area (Å²) in [6.45, 7) is 0.448. The van der Waals surface area contributed by atoms with Gasteiger partial charge in [0.2, 0.25) is 0 Å². The maximum absolute atomic E-state index is 13.4. The Bertz CT molecular complexity index is 1120. The highest BCUT2D eigenvalue weighted by Gasteiger charge is 2.18. The number of hydrogen-bond acceptors (Lipinski definition) is 3. The number of pyridine rings is 1. The Balaban J connectivity index is 1.61. The molecule has 0 radical (unpaired) electrons. The monoisotopic (exact) mass is 389 g/mol. The maximum Gasteiger partial charge on any atom is 0.270 e. The van der Waals surface area contributed by atoms with Crippen LogP contribution in [0.3, 0.4) is 0 Å². The third-order valence-electron chi connectivity index (χ3n) is 4.61. The van der Waals surface area contributed by atoms with Crippen molar-refractivity contribution in [1.29, 1.82) is 0 Å². The number of carbonyl (C=O) groups excluding carboxylic acids is 1. The van der Waals surface area contributed by atoms with E-state index in [2.05, 4.69) is 15.4 Å². The fourth-order valence-corrected chi connectivity index (χ4v) is 3.12. The Hall–Kier alpha value is -3.74. The van der Waals surface area contributed by atoms with Gasteiger partial charge in [-0.1, -0.05) is 6.07 Å². The maximum atomic E-state index is 13.4. The first kappa shape index (κ1) is 18.6. The Kier molecular flexibility index (Phi) is 5.20. The Morgan fingerprint density at radius 2 is 1.93 bits per heavy atom. The molecule has 29 heavy (non-hydrogen) atoms. The summed E-state index contributed by atoms with van der Waals surface area (Å²) in [5.74, 6) is -0.594. The van der Waals surface area contributed by atoms with Crippen LogP contribution in [0, 0.1) is 5.82 Å². The number of amides is 1. The Labute approximate surface area is 167 Å². The van der Waals surface area contributed by atoms with Crippen LogP contribution in [0.5, 0.6) is 0 Å². The molecule has 0 saturated carbocycles. The number of hydrogen-bond donors (Lipinski definition) is 1. The van der Waals surface area contributed by atoms with Crippen LogP contribution in [0.1, 0.15) is 16.2 Å². The second-order valence-corrected chi connectivity index (χ2v) is 6.63. The highest BCUT2D eigenvalue weighted by Crippen LogP contribution is 2.22. The third kappa shape index (κ3) is 4.08. The molecule has 0 unspecified atom stereocenters. The van der Waals surface area contributed by atoms with Gasteiger partial charge in [-0.15, -0.1) is 0 Å². The zero-order valence-corrected chi connectivity index (χ0v) is 15.9. The molecule has 0 atom stereocenters. The van der Waals surface area contributed by atoms with Crippen molar-refractivity contribution in [3.8, 4) is 17.1 Å². The first-order chi connectivity index (χ1) is 14.1. The lowest BCUT2D eigenvalue weighted by molar-refractivity contribution is 0.0946. The summed E-state index contributed by atoms with van der Waals surface area (Å²) in [5.41, 5.74) is 3.45. The van der Waals surface area contributed by atoms with Crippen LogP contribution < -0.4 is 5.32 Å². The minimum absolute atomic E-state index is 0.252. The fourth-order valence-electron chi connectivity index (χ4n) is 3.12. The van der Waals surface area contributed by atoms with Gasteiger partial charge in [0.25, 0.3) is 5.91 Å². The van der Waals surface area contributed by atoms with Gasteiger partial charge < -0.3 is 9.88 Å². The average Bonchev–Trinajstić information content (AvgIpc) is 3.35. The lowest BCUT2D eigenvalue weighted by Gasteiger charge is -2.08. The van der Waals surface area contributed by atoms with E-state index in [0.29, 0.717) is 30.0 Å². The molecule has 0 aliphatic carbocycles. The predicted octanol–water partition coefficient (Wildman–Crippen LogP) is 3.38. The number of rotatable bonds is 6. The molecule has 0 bridgehead atoms. The molecule has 1 amide bonds. The average molecular weight is 389 g/mol. The second kappa shape index (κ2) is 8.10. The number of halogens is 1. The molecular weight excluding hydrogens is 369 g/mol. The van der Waals surface area contributed by atoms with E-state index in [1.165, 1.54) is 16.8 Å². The summed E-state index contributed by atoms with van der Waals surface area (Å²) in [5, 5.41) is 7.52. The smallest absolute Gasteiger partial charge is 0.270 e. The van der Waals surface area contributed by atoms with Gasteiger partial charge in [0, 0.05) is 38.1 Å². The van der Waals surface area contributed by atoms with Gasteiger partial charge >= 0.3 is 0 Å². The number of aryl methyl sites for hydroxylation is 1. The SMILES string of the molecule is Cn1cccc1-c1cc(C(=O)NCCc2ccccn2)n(-c2ccc(F)cc2)n1. The molecule has 1 N–H and O–H groups in total. The van der Waals surface area contributed by atoms with E-state index in [1.54, 1.807) is 24.4 Å². The van der Waals surface area contributed by atoms with Gasteiger partial charge in [0.15, 0.2) is 0 Å². The Morgan fingerprint density at radius 1 is 1.10 bits per heavy atom. The summed E-state index contributed by atoms with van der Waals surface area (Å²) in [4.78, 5) is 17.2. The van der Waals surface area contributed by atoms with Crippen LogP contribution in [0.2, 0.25) is 0 Å². The van der Waals surface area contributed by atoms with Crippen LogP contribution in [-0.4, -0.2) is 31.8 Å². The van der Waals surface area contributed by atoms with Gasteiger partial charge in [0.1, 0.15) is 17.2 Å². The fraction of sp³-hybridized carbons (Fsp3) is 0.136. The summed E-state index contributed by atoms with van der Waals surface area (Å²) >= 11 is 0. The molecule has 0 spiro atoms. The minimum atomic E-state index is -0.343. The van der Waals surface area contributed by atoms with Gasteiger partial charge in [-0.2, -0.15) is 5.10 Å². The molecule has 0 aliphatic rings. The zero-order valence-electron chi connectivity index (χ0n) is 15.9. The summed E-state index contributed by atoms with van der Waals surface area (Å²) < 4.78 is 16.8. The van der Waals surface area contributed by atoms with Crippen molar-refractivity contribution in [1.82, 2.24) is 24.6 Å². The second-order valence-electron chi connectivity index (χ2n) is 6.63. The summed E-state index contributed by atoms with van der Waals surface area (Å²) in [7, 11) is 1.92. The minimum Gasteiger partial charge on any atom is -0.350 e. The molecule has 3 heterocycles. The Morgan fingerprint density at radius 3 is 2.62 bits per heavy atom. The van der Waals surface area contributed by atoms with Crippen molar-refractivity contribution in [2.75, 3.05) is 6.54 Å². The van der Waals surface area contributed by atoms with E-state index >= 15 is 0 Å². The number of nitrogens with zero attached hydrogens (tertiary/aromatic N) is 4. The van der Waals surface area contributed by atoms with Crippen molar-refractivity contribution in [2.45, 2.75) is 6.42 Å². The van der Waals surface area contributed by atoms with E-state index in [0.717, 1.165) is 11.4 Å². The third-order valence-corrected chi connectivity index (χ3v) is 4.61. The van der Waals surface area contributed by atoms with Gasteiger partial charge in [-0.3, -0.25) is 9.78 Å². The van der Waals surface area contributed by atoms with E-state index < -0.39 is 0 Å². The van der Waals surface area contributed by atoms with Gasteiger partial charge in [0.05, 0.1) is 11.4 Å². The van der Waals surface area contributed by atoms with Crippen molar-refractivity contribution in [3.05, 3.63) is 90.3 Å². The number of benzene rings is 1. The lowest BCUT2D eigenvalue weighted by Crippen LogP contribution is -2.28. The van der Waals surface area contributed by atoms with E-state index in [9.17, 15) is 9.18 Å². The molecule has 0 aliphatic heterocycles. The molecule has 1 aromatic carbocycles. The van der Waals surface area contributed by atoms with Crippen molar-refractivity contribution in [3.63, 3.8) is 0 Å². The van der Waals surface area contributed by atoms with Crippen LogP contribution in [0.15, 0.2) is 73.1 Å². The zero-order chi connectivity index (χ0) is 20.2. The van der Waals surface area contributed by atoms with E-state index in [4.69, 9.17) is 0 Å². The molecule has 0 saturated heterocycles. The summed E-state index contributed by atoms with van der Waals surface area (Å²) in [6, 6.07) is 17.2. The number of nitrogens with one attached hydrogen (secondary N) is 1. The van der Waals surface area contributed by atoms with Crippen LogP contribution in [0.25, 0.3) is 17.1 Å². The van der Waals surface area contributed by atoms with E-state index in [-0.39, 0.29) is 11.7 Å². The number of aromatic nitrogens is 4. The molecule has 4 rings (SSSR count). The van der Waals surface area contributed by atoms with Crippen molar-refractivity contribution < 1.29 is 9.18 Å². The largest absolute Gasteiger partial charge is 0.350 e. The molecule has 7 heteroatoms. The van der Waals surface area contributed by atoms with E-state index in [1.807, 2.05) is 48.1 Å². The van der Waals surface area contributed by atoms with Crippen LogP contribution >= 0.6 is 0 Å². The molecule has 4 aromatic rings.